The molecule has 0 aliphatic rings. The van der Waals surface area contributed by atoms with Gasteiger partial charge in [-0.2, -0.15) is 0 Å². The molecule has 2 N–H and O–H groups in total. The average molecular weight is 285 g/mol. The fraction of sp³-hybridized carbons (Fsp3) is 0.312. The highest BCUT2D eigenvalue weighted by atomic mass is 32.1. The van der Waals surface area contributed by atoms with Crippen LogP contribution in [0, 0.1) is 0 Å². The largest absolute Gasteiger partial charge is 0.325 e. The summed E-state index contributed by atoms with van der Waals surface area (Å²) in [5.74, 6) is 0. The number of hydrogen-bond donors (Lipinski definition) is 1. The molecular weight excluding hydrogens is 266 g/mol. The van der Waals surface area contributed by atoms with Crippen molar-refractivity contribution in [1.29, 1.82) is 0 Å². The number of aromatic nitrogens is 2. The Kier molecular flexibility index (Phi) is 3.15. The second kappa shape index (κ2) is 4.72. The zero-order valence-electron chi connectivity index (χ0n) is 12.1. The van der Waals surface area contributed by atoms with E-state index in [2.05, 4.69) is 42.7 Å². The maximum absolute atomic E-state index is 6.01. The third-order valence-electron chi connectivity index (χ3n) is 3.47. The van der Waals surface area contributed by atoms with Gasteiger partial charge in [0, 0.05) is 28.6 Å². The first kappa shape index (κ1) is 13.3. The van der Waals surface area contributed by atoms with Gasteiger partial charge in [-0.3, -0.25) is 4.40 Å². The van der Waals surface area contributed by atoms with Crippen molar-refractivity contribution in [3.05, 3.63) is 47.1 Å². The maximum Gasteiger partial charge on any atom is 0.194 e. The van der Waals surface area contributed by atoms with E-state index in [4.69, 9.17) is 10.7 Å². The van der Waals surface area contributed by atoms with Crippen LogP contribution in [-0.4, -0.2) is 9.38 Å². The van der Waals surface area contributed by atoms with Crippen molar-refractivity contribution in [2.24, 2.45) is 5.73 Å². The van der Waals surface area contributed by atoms with E-state index in [1.807, 2.05) is 18.2 Å². The van der Waals surface area contributed by atoms with Crippen LogP contribution in [0.15, 0.2) is 35.7 Å². The SMILES string of the molecule is CC(C)(C)c1csc2nc(-c3ccccc3)c(CN)n12. The van der Waals surface area contributed by atoms with Crippen molar-refractivity contribution in [3.63, 3.8) is 0 Å². The molecular formula is C16H19N3S. The summed E-state index contributed by atoms with van der Waals surface area (Å²) in [4.78, 5) is 5.81. The Labute approximate surface area is 123 Å². The molecule has 104 valence electrons. The molecule has 0 saturated carbocycles. The average Bonchev–Trinajstić information content (AvgIpc) is 2.96. The maximum atomic E-state index is 6.01. The minimum absolute atomic E-state index is 0.0802. The summed E-state index contributed by atoms with van der Waals surface area (Å²) in [6.07, 6.45) is 0. The number of imidazole rings is 1. The highest BCUT2D eigenvalue weighted by Crippen LogP contribution is 2.33. The van der Waals surface area contributed by atoms with Crippen LogP contribution in [0.25, 0.3) is 16.2 Å². The molecule has 0 radical (unpaired) electrons. The predicted molar refractivity (Wildman–Crippen MR) is 85.1 cm³/mol. The summed E-state index contributed by atoms with van der Waals surface area (Å²) in [6, 6.07) is 10.3. The zero-order valence-corrected chi connectivity index (χ0v) is 12.9. The molecule has 3 aromatic rings. The van der Waals surface area contributed by atoms with Crippen molar-refractivity contribution in [2.45, 2.75) is 32.7 Å². The Morgan fingerprint density at radius 3 is 2.50 bits per heavy atom. The number of hydrogen-bond acceptors (Lipinski definition) is 3. The lowest BCUT2D eigenvalue weighted by molar-refractivity contribution is 0.561. The van der Waals surface area contributed by atoms with E-state index < -0.39 is 0 Å². The van der Waals surface area contributed by atoms with Crippen LogP contribution >= 0.6 is 11.3 Å². The second-order valence-electron chi connectivity index (χ2n) is 5.97. The first-order chi connectivity index (χ1) is 9.52. The number of thiazole rings is 1. The van der Waals surface area contributed by atoms with Crippen LogP contribution < -0.4 is 5.73 Å². The molecule has 0 amide bonds. The van der Waals surface area contributed by atoms with Gasteiger partial charge >= 0.3 is 0 Å². The first-order valence-corrected chi connectivity index (χ1v) is 7.65. The molecule has 0 aliphatic heterocycles. The molecule has 3 nitrogen and oxygen atoms in total. The molecule has 2 aromatic heterocycles. The molecule has 0 fully saturated rings. The van der Waals surface area contributed by atoms with Gasteiger partial charge in [0.2, 0.25) is 0 Å². The summed E-state index contributed by atoms with van der Waals surface area (Å²) in [5, 5.41) is 2.19. The van der Waals surface area contributed by atoms with Crippen molar-refractivity contribution in [3.8, 4) is 11.3 Å². The fourth-order valence-corrected chi connectivity index (χ4v) is 3.58. The summed E-state index contributed by atoms with van der Waals surface area (Å²) in [7, 11) is 0. The first-order valence-electron chi connectivity index (χ1n) is 6.77. The van der Waals surface area contributed by atoms with E-state index in [1.165, 1.54) is 5.69 Å². The van der Waals surface area contributed by atoms with Crippen LogP contribution in [0.1, 0.15) is 32.2 Å². The molecule has 2 heterocycles. The minimum atomic E-state index is 0.0802. The van der Waals surface area contributed by atoms with Gasteiger partial charge in [0.25, 0.3) is 0 Å². The van der Waals surface area contributed by atoms with Gasteiger partial charge in [-0.25, -0.2) is 4.98 Å². The van der Waals surface area contributed by atoms with E-state index in [0.29, 0.717) is 6.54 Å². The Morgan fingerprint density at radius 2 is 1.90 bits per heavy atom. The molecule has 1 aromatic carbocycles. The van der Waals surface area contributed by atoms with Crippen LogP contribution in [-0.2, 0) is 12.0 Å². The standard InChI is InChI=1S/C16H19N3S/c1-16(2,3)13-10-20-15-18-14(12(9-17)19(13)15)11-7-5-4-6-8-11/h4-8,10H,9,17H2,1-3H3. The molecule has 20 heavy (non-hydrogen) atoms. The highest BCUT2D eigenvalue weighted by Gasteiger charge is 2.23. The number of benzene rings is 1. The number of rotatable bonds is 2. The number of nitrogens with two attached hydrogens (primary N) is 1. The Morgan fingerprint density at radius 1 is 1.20 bits per heavy atom. The normalized spacial score (nSPS) is 12.2. The quantitative estimate of drug-likeness (QED) is 0.778. The molecule has 4 heteroatoms. The van der Waals surface area contributed by atoms with Crippen molar-refractivity contribution in [1.82, 2.24) is 9.38 Å². The van der Waals surface area contributed by atoms with Gasteiger partial charge in [-0.15, -0.1) is 11.3 Å². The van der Waals surface area contributed by atoms with Crippen molar-refractivity contribution in [2.75, 3.05) is 0 Å². The van der Waals surface area contributed by atoms with Gasteiger partial charge in [0.1, 0.15) is 0 Å². The highest BCUT2D eigenvalue weighted by molar-refractivity contribution is 7.15. The summed E-state index contributed by atoms with van der Waals surface area (Å²) < 4.78 is 2.23. The summed E-state index contributed by atoms with van der Waals surface area (Å²) in [5.41, 5.74) is 10.6. The lowest BCUT2D eigenvalue weighted by atomic mass is 9.93. The monoisotopic (exact) mass is 285 g/mol. The molecule has 0 aliphatic carbocycles. The topological polar surface area (TPSA) is 43.3 Å². The predicted octanol–water partition coefficient (Wildman–Crippen LogP) is 3.82. The van der Waals surface area contributed by atoms with Gasteiger partial charge in [-0.1, -0.05) is 51.1 Å². The van der Waals surface area contributed by atoms with Crippen LogP contribution in [0.2, 0.25) is 0 Å². The fourth-order valence-electron chi connectivity index (χ4n) is 2.45. The van der Waals surface area contributed by atoms with Crippen LogP contribution in [0.5, 0.6) is 0 Å². The second-order valence-corrected chi connectivity index (χ2v) is 6.80. The number of nitrogens with zero attached hydrogens (tertiary/aromatic N) is 2. The van der Waals surface area contributed by atoms with Gasteiger partial charge in [0.05, 0.1) is 11.4 Å². The minimum Gasteiger partial charge on any atom is -0.325 e. The Hall–Kier alpha value is -1.65. The Bertz CT molecular complexity index is 732. The van der Waals surface area contributed by atoms with Gasteiger partial charge < -0.3 is 5.73 Å². The lowest BCUT2D eigenvalue weighted by Gasteiger charge is -2.18. The third-order valence-corrected chi connectivity index (χ3v) is 4.29. The van der Waals surface area contributed by atoms with Gasteiger partial charge in [-0.05, 0) is 0 Å². The van der Waals surface area contributed by atoms with E-state index in [-0.39, 0.29) is 5.41 Å². The van der Waals surface area contributed by atoms with E-state index in [0.717, 1.165) is 21.9 Å². The van der Waals surface area contributed by atoms with Crippen LogP contribution in [0.3, 0.4) is 0 Å². The van der Waals surface area contributed by atoms with E-state index in [1.54, 1.807) is 11.3 Å². The zero-order chi connectivity index (χ0) is 14.3. The van der Waals surface area contributed by atoms with E-state index >= 15 is 0 Å². The van der Waals surface area contributed by atoms with E-state index in [9.17, 15) is 0 Å². The smallest absolute Gasteiger partial charge is 0.194 e. The molecule has 0 bridgehead atoms. The summed E-state index contributed by atoms with van der Waals surface area (Å²) >= 11 is 1.68. The summed E-state index contributed by atoms with van der Waals surface area (Å²) in [6.45, 7) is 7.15. The van der Waals surface area contributed by atoms with Crippen LogP contribution in [0.4, 0.5) is 0 Å². The Balaban J connectivity index is 2.29. The molecule has 3 rings (SSSR count). The van der Waals surface area contributed by atoms with Crippen molar-refractivity contribution < 1.29 is 0 Å². The molecule has 0 saturated heterocycles. The van der Waals surface area contributed by atoms with Crippen molar-refractivity contribution >= 4 is 16.3 Å². The number of fused-ring (bicyclic) bond motifs is 1. The third kappa shape index (κ3) is 2.05. The molecule has 0 spiro atoms. The molecule has 0 unspecified atom stereocenters. The molecule has 0 atom stereocenters. The van der Waals surface area contributed by atoms with Gasteiger partial charge in [0.15, 0.2) is 4.96 Å². The lowest BCUT2D eigenvalue weighted by Crippen LogP contribution is -2.16.